The number of nitrogens with zero attached hydrogens (tertiary/aromatic N) is 3. The number of nitrogens with one attached hydrogen (secondary N) is 1. The first kappa shape index (κ1) is 19.5. The molecule has 1 aliphatic heterocycles. The molecule has 0 radical (unpaired) electrons. The molecule has 0 aliphatic carbocycles. The summed E-state index contributed by atoms with van der Waals surface area (Å²) in [6, 6.07) is 15.8. The van der Waals surface area contributed by atoms with Gasteiger partial charge in [0.15, 0.2) is 5.11 Å². The van der Waals surface area contributed by atoms with Gasteiger partial charge in [-0.05, 0) is 74.8 Å². The number of benzene rings is 1. The van der Waals surface area contributed by atoms with Crippen LogP contribution >= 0.6 is 12.2 Å². The zero-order chi connectivity index (χ0) is 20.4. The molecule has 2 aromatic heterocycles. The molecule has 0 spiro atoms. The van der Waals surface area contributed by atoms with Crippen LogP contribution in [-0.4, -0.2) is 47.1 Å². The highest BCUT2D eigenvalue weighted by atomic mass is 32.1. The lowest BCUT2D eigenvalue weighted by atomic mass is 10.0. The molecule has 0 bridgehead atoms. The number of likely N-dealkylation sites (N-methyl/N-ethyl adjacent to an activating group) is 1. The Balaban J connectivity index is 1.69. The first-order chi connectivity index (χ1) is 14.0. The number of hydrogen-bond donors (Lipinski definition) is 1. The molecule has 5 nitrogen and oxygen atoms in total. The van der Waals surface area contributed by atoms with Gasteiger partial charge >= 0.3 is 0 Å². The minimum Gasteiger partial charge on any atom is -0.459 e. The molecule has 7 heteroatoms. The zero-order valence-electron chi connectivity index (χ0n) is 16.4. The number of halogens is 1. The Morgan fingerprint density at radius 2 is 1.93 bits per heavy atom. The van der Waals surface area contributed by atoms with Gasteiger partial charge in [-0.1, -0.05) is 6.07 Å². The Labute approximate surface area is 175 Å². The van der Waals surface area contributed by atoms with Crippen LogP contribution in [-0.2, 0) is 0 Å². The van der Waals surface area contributed by atoms with E-state index in [0.717, 1.165) is 30.1 Å². The van der Waals surface area contributed by atoms with Crippen LogP contribution in [0.3, 0.4) is 0 Å². The topological polar surface area (TPSA) is 44.5 Å². The number of rotatable bonds is 6. The van der Waals surface area contributed by atoms with Crippen molar-refractivity contribution in [1.29, 1.82) is 0 Å². The van der Waals surface area contributed by atoms with Crippen molar-refractivity contribution in [2.75, 3.05) is 27.2 Å². The van der Waals surface area contributed by atoms with Crippen molar-refractivity contribution in [3.63, 3.8) is 0 Å². The van der Waals surface area contributed by atoms with Gasteiger partial charge in [0.1, 0.15) is 23.4 Å². The maximum absolute atomic E-state index is 13.3. The first-order valence-electron chi connectivity index (χ1n) is 9.51. The molecule has 4 rings (SSSR count). The van der Waals surface area contributed by atoms with Gasteiger partial charge in [-0.3, -0.25) is 4.98 Å². The summed E-state index contributed by atoms with van der Waals surface area (Å²) in [6.45, 7) is 1.62. The molecule has 1 fully saturated rings. The highest BCUT2D eigenvalue weighted by Gasteiger charge is 2.41. The summed E-state index contributed by atoms with van der Waals surface area (Å²) in [5, 5.41) is 4.10. The molecule has 3 aromatic rings. The van der Waals surface area contributed by atoms with Crippen LogP contribution in [0.2, 0.25) is 0 Å². The molecule has 2 atom stereocenters. The van der Waals surface area contributed by atoms with Crippen molar-refractivity contribution >= 4 is 17.3 Å². The third kappa shape index (κ3) is 4.16. The largest absolute Gasteiger partial charge is 0.459 e. The average Bonchev–Trinajstić information content (AvgIpc) is 3.32. The Morgan fingerprint density at radius 3 is 2.62 bits per heavy atom. The molecule has 1 aliphatic rings. The fraction of sp³-hybridized carbons (Fsp3) is 0.273. The monoisotopic (exact) mass is 410 g/mol. The fourth-order valence-electron chi connectivity index (χ4n) is 3.54. The van der Waals surface area contributed by atoms with E-state index in [1.54, 1.807) is 18.3 Å². The van der Waals surface area contributed by atoms with Crippen LogP contribution in [0.25, 0.3) is 11.3 Å². The second-order valence-electron chi connectivity index (χ2n) is 7.33. The van der Waals surface area contributed by atoms with E-state index in [9.17, 15) is 4.39 Å². The molecular weight excluding hydrogens is 387 g/mol. The SMILES string of the molecule is CN(C)CCN1C(=S)N[C@@H](c2ccccn2)[C@@H]1c1ccc(-c2ccc(F)cc2)o1. The fourth-order valence-corrected chi connectivity index (χ4v) is 3.88. The lowest BCUT2D eigenvalue weighted by Gasteiger charge is -2.27. The molecule has 1 aromatic carbocycles. The highest BCUT2D eigenvalue weighted by Crippen LogP contribution is 2.40. The van der Waals surface area contributed by atoms with Gasteiger partial charge in [-0.25, -0.2) is 4.39 Å². The maximum Gasteiger partial charge on any atom is 0.170 e. The minimum atomic E-state index is -0.268. The van der Waals surface area contributed by atoms with Crippen LogP contribution in [0.4, 0.5) is 4.39 Å². The van der Waals surface area contributed by atoms with E-state index in [1.165, 1.54) is 12.1 Å². The standard InChI is InChI=1S/C22H23FN4OS/c1-26(2)13-14-27-21(20(25-22(27)29)17-5-3-4-12-24-17)19-11-10-18(28-19)15-6-8-16(23)9-7-15/h3-12,20-21H,13-14H2,1-2H3,(H,25,29)/t20-,21-/m0/s1. The van der Waals surface area contributed by atoms with Crippen LogP contribution in [0.1, 0.15) is 23.5 Å². The van der Waals surface area contributed by atoms with E-state index in [4.69, 9.17) is 16.6 Å². The molecule has 0 saturated carbocycles. The van der Waals surface area contributed by atoms with Gasteiger partial charge in [0.25, 0.3) is 0 Å². The molecule has 150 valence electrons. The molecule has 29 heavy (non-hydrogen) atoms. The van der Waals surface area contributed by atoms with E-state index in [0.29, 0.717) is 10.9 Å². The predicted molar refractivity (Wildman–Crippen MR) is 115 cm³/mol. The number of thiocarbonyl (C=S) groups is 1. The number of pyridine rings is 1. The van der Waals surface area contributed by atoms with E-state index < -0.39 is 0 Å². The van der Waals surface area contributed by atoms with Gasteiger partial charge in [-0.2, -0.15) is 0 Å². The summed E-state index contributed by atoms with van der Waals surface area (Å²) in [5.41, 5.74) is 1.74. The van der Waals surface area contributed by atoms with Gasteiger partial charge in [-0.15, -0.1) is 0 Å². The van der Waals surface area contributed by atoms with E-state index in [2.05, 4.69) is 20.1 Å². The molecule has 1 N–H and O–H groups in total. The van der Waals surface area contributed by atoms with E-state index >= 15 is 0 Å². The molecule has 3 heterocycles. The third-order valence-electron chi connectivity index (χ3n) is 5.03. The van der Waals surface area contributed by atoms with Crippen molar-refractivity contribution in [2.24, 2.45) is 0 Å². The van der Waals surface area contributed by atoms with Crippen molar-refractivity contribution in [2.45, 2.75) is 12.1 Å². The van der Waals surface area contributed by atoms with Crippen molar-refractivity contribution in [3.05, 3.63) is 78.1 Å². The van der Waals surface area contributed by atoms with Crippen LogP contribution in [0.15, 0.2) is 65.2 Å². The normalized spacial score (nSPS) is 19.0. The van der Waals surface area contributed by atoms with Crippen LogP contribution in [0, 0.1) is 5.82 Å². The second-order valence-corrected chi connectivity index (χ2v) is 7.72. The van der Waals surface area contributed by atoms with Gasteiger partial charge in [0.2, 0.25) is 0 Å². The average molecular weight is 411 g/mol. The Bertz CT molecular complexity index is 974. The smallest absolute Gasteiger partial charge is 0.170 e. The summed E-state index contributed by atoms with van der Waals surface area (Å²) in [5.74, 6) is 1.23. The van der Waals surface area contributed by atoms with Crippen LogP contribution < -0.4 is 5.32 Å². The Kier molecular flexibility index (Phi) is 5.60. The summed E-state index contributed by atoms with van der Waals surface area (Å²) in [4.78, 5) is 8.81. The lowest BCUT2D eigenvalue weighted by molar-refractivity contribution is 0.250. The van der Waals surface area contributed by atoms with Gasteiger partial charge < -0.3 is 19.5 Å². The van der Waals surface area contributed by atoms with Crippen molar-refractivity contribution < 1.29 is 8.81 Å². The van der Waals surface area contributed by atoms with Crippen LogP contribution in [0.5, 0.6) is 0 Å². The molecular formula is C22H23FN4OS. The van der Waals surface area contributed by atoms with E-state index in [1.807, 2.05) is 44.4 Å². The molecule has 1 saturated heterocycles. The Hall–Kier alpha value is -2.77. The summed E-state index contributed by atoms with van der Waals surface area (Å²) >= 11 is 5.65. The quantitative estimate of drug-likeness (QED) is 0.620. The highest BCUT2D eigenvalue weighted by molar-refractivity contribution is 7.80. The van der Waals surface area contributed by atoms with Gasteiger partial charge in [0, 0.05) is 24.8 Å². The second kappa shape index (κ2) is 8.31. The summed E-state index contributed by atoms with van der Waals surface area (Å²) < 4.78 is 19.5. The molecule has 0 amide bonds. The maximum atomic E-state index is 13.3. The summed E-state index contributed by atoms with van der Waals surface area (Å²) in [6.07, 6.45) is 1.78. The first-order valence-corrected chi connectivity index (χ1v) is 9.92. The lowest BCUT2D eigenvalue weighted by Crippen LogP contribution is -2.35. The Morgan fingerprint density at radius 1 is 1.14 bits per heavy atom. The number of hydrogen-bond acceptors (Lipinski definition) is 4. The molecule has 0 unspecified atom stereocenters. The van der Waals surface area contributed by atoms with Crippen molar-refractivity contribution in [1.82, 2.24) is 20.1 Å². The summed E-state index contributed by atoms with van der Waals surface area (Å²) in [7, 11) is 4.08. The van der Waals surface area contributed by atoms with E-state index in [-0.39, 0.29) is 17.9 Å². The van der Waals surface area contributed by atoms with Gasteiger partial charge in [0.05, 0.1) is 11.7 Å². The minimum absolute atomic E-state index is 0.113. The number of furan rings is 1. The third-order valence-corrected chi connectivity index (χ3v) is 5.39. The number of aromatic nitrogens is 1. The predicted octanol–water partition coefficient (Wildman–Crippen LogP) is 4.01. The zero-order valence-corrected chi connectivity index (χ0v) is 17.2. The van der Waals surface area contributed by atoms with Crippen molar-refractivity contribution in [3.8, 4) is 11.3 Å².